The van der Waals surface area contributed by atoms with E-state index < -0.39 is 6.09 Å². The van der Waals surface area contributed by atoms with E-state index in [1.165, 1.54) is 13.5 Å². The van der Waals surface area contributed by atoms with Gasteiger partial charge in [-0.1, -0.05) is 55.3 Å². The zero-order valence-corrected chi connectivity index (χ0v) is 19.0. The molecule has 2 heterocycles. The number of hydrogen-bond acceptors (Lipinski definition) is 4. The molecule has 0 bridgehead atoms. The van der Waals surface area contributed by atoms with Gasteiger partial charge in [0.1, 0.15) is 12.4 Å². The Kier molecular flexibility index (Phi) is 8.70. The van der Waals surface area contributed by atoms with Crippen LogP contribution in [0.4, 0.5) is 4.79 Å². The number of alkyl carbamates (subject to hydrolysis) is 1. The molecule has 158 valence electrons. The molecule has 1 saturated heterocycles. The second-order valence-corrected chi connectivity index (χ2v) is 8.06. The van der Waals surface area contributed by atoms with Crippen LogP contribution in [-0.2, 0) is 9.53 Å². The van der Waals surface area contributed by atoms with Crippen LogP contribution in [0.15, 0.2) is 34.9 Å². The number of nitrogens with one attached hydrogen (secondary N) is 2. The zero-order chi connectivity index (χ0) is 21.4. The first-order valence-corrected chi connectivity index (χ1v) is 10.6. The summed E-state index contributed by atoms with van der Waals surface area (Å²) in [7, 11) is 1.27. The van der Waals surface area contributed by atoms with Crippen molar-refractivity contribution in [3.8, 4) is 11.3 Å². The second kappa shape index (κ2) is 11.0. The molecule has 2 unspecified atom stereocenters. The Morgan fingerprint density at radius 3 is 2.59 bits per heavy atom. The number of carbonyl (C=O) groups excluding carboxylic acids is 2. The molecule has 1 aliphatic rings. The third-order valence-electron chi connectivity index (χ3n) is 4.47. The van der Waals surface area contributed by atoms with Crippen LogP contribution >= 0.6 is 15.9 Å². The number of rotatable bonds is 4. The standard InChI is InChI=1S/C18H21BrN4O3.C3H8/c1-11-7-15(23(10-11)16(24)9-21-18(25)26-2)17-20-8-14(22-17)12-3-5-13(19)6-4-12;1-3-2/h3-6,8,11,15H,7,9-10H2,1-2H3,(H,20,22)(H,21,25);3H2,1-2H3. The Bertz CT molecular complexity index is 807. The Labute approximate surface area is 180 Å². The third kappa shape index (κ3) is 6.32. The predicted octanol–water partition coefficient (Wildman–Crippen LogP) is 4.52. The number of ether oxygens (including phenoxy) is 1. The van der Waals surface area contributed by atoms with Crippen molar-refractivity contribution in [2.75, 3.05) is 20.2 Å². The van der Waals surface area contributed by atoms with Gasteiger partial charge in [-0.3, -0.25) is 4.79 Å². The molecule has 29 heavy (non-hydrogen) atoms. The van der Waals surface area contributed by atoms with Gasteiger partial charge in [-0.15, -0.1) is 0 Å². The smallest absolute Gasteiger partial charge is 0.407 e. The molecule has 7 nitrogen and oxygen atoms in total. The number of hydrogen-bond donors (Lipinski definition) is 2. The SMILES string of the molecule is CCC.COC(=O)NCC(=O)N1CC(C)CC1c1ncc(-c2ccc(Br)cc2)[nH]1. The summed E-state index contributed by atoms with van der Waals surface area (Å²) in [5.74, 6) is 0.980. The fourth-order valence-electron chi connectivity index (χ4n) is 3.18. The Balaban J connectivity index is 0.000000941. The molecule has 1 aromatic heterocycles. The van der Waals surface area contributed by atoms with Crippen LogP contribution in [0.25, 0.3) is 11.3 Å². The quantitative estimate of drug-likeness (QED) is 0.695. The molecule has 2 N–H and O–H groups in total. The van der Waals surface area contributed by atoms with Crippen molar-refractivity contribution in [1.29, 1.82) is 0 Å². The van der Waals surface area contributed by atoms with Crippen LogP contribution in [0, 0.1) is 5.92 Å². The summed E-state index contributed by atoms with van der Waals surface area (Å²) >= 11 is 3.43. The number of amides is 2. The first-order chi connectivity index (χ1) is 13.9. The largest absolute Gasteiger partial charge is 0.453 e. The van der Waals surface area contributed by atoms with Gasteiger partial charge in [0, 0.05) is 11.0 Å². The number of carbonyl (C=O) groups is 2. The zero-order valence-electron chi connectivity index (χ0n) is 17.4. The van der Waals surface area contributed by atoms with Crippen LogP contribution < -0.4 is 5.32 Å². The third-order valence-corrected chi connectivity index (χ3v) is 4.99. The molecule has 8 heteroatoms. The average Bonchev–Trinajstić information content (AvgIpc) is 3.34. The summed E-state index contributed by atoms with van der Waals surface area (Å²) in [6, 6.07) is 7.83. The highest BCUT2D eigenvalue weighted by atomic mass is 79.9. The molecule has 0 aliphatic carbocycles. The summed E-state index contributed by atoms with van der Waals surface area (Å²) in [6.45, 7) is 6.91. The number of benzene rings is 1. The second-order valence-electron chi connectivity index (χ2n) is 7.14. The van der Waals surface area contributed by atoms with Crippen molar-refractivity contribution in [2.24, 2.45) is 5.92 Å². The number of likely N-dealkylation sites (tertiary alicyclic amines) is 1. The normalized spacial score (nSPS) is 18.0. The summed E-state index contributed by atoms with van der Waals surface area (Å²) in [4.78, 5) is 33.3. The topological polar surface area (TPSA) is 87.3 Å². The van der Waals surface area contributed by atoms with Crippen LogP contribution in [0.2, 0.25) is 0 Å². The van der Waals surface area contributed by atoms with Crippen molar-refractivity contribution in [1.82, 2.24) is 20.2 Å². The van der Waals surface area contributed by atoms with E-state index in [2.05, 4.69) is 56.7 Å². The van der Waals surface area contributed by atoms with Crippen LogP contribution in [-0.4, -0.2) is 47.1 Å². The van der Waals surface area contributed by atoms with E-state index in [0.717, 1.165) is 28.0 Å². The van der Waals surface area contributed by atoms with E-state index in [-0.39, 0.29) is 18.5 Å². The Morgan fingerprint density at radius 2 is 1.97 bits per heavy atom. The van der Waals surface area contributed by atoms with E-state index in [1.807, 2.05) is 24.3 Å². The summed E-state index contributed by atoms with van der Waals surface area (Å²) in [5.41, 5.74) is 1.94. The van der Waals surface area contributed by atoms with Crippen molar-refractivity contribution in [3.05, 3.63) is 40.8 Å². The maximum absolute atomic E-state index is 12.5. The minimum absolute atomic E-state index is 0.0871. The van der Waals surface area contributed by atoms with Gasteiger partial charge >= 0.3 is 6.09 Å². The molecular weight excluding hydrogens is 436 g/mol. The lowest BCUT2D eigenvalue weighted by molar-refractivity contribution is -0.131. The highest BCUT2D eigenvalue weighted by Gasteiger charge is 2.35. The van der Waals surface area contributed by atoms with E-state index in [0.29, 0.717) is 12.5 Å². The van der Waals surface area contributed by atoms with Gasteiger partial charge in [-0.05, 0) is 30.0 Å². The number of H-pyrrole nitrogens is 1. The first-order valence-electron chi connectivity index (χ1n) is 9.81. The molecule has 0 saturated carbocycles. The predicted molar refractivity (Wildman–Crippen MR) is 116 cm³/mol. The van der Waals surface area contributed by atoms with E-state index in [4.69, 9.17) is 0 Å². The summed E-state index contributed by atoms with van der Waals surface area (Å²) in [6.07, 6.45) is 3.26. The lowest BCUT2D eigenvalue weighted by Crippen LogP contribution is -2.40. The van der Waals surface area contributed by atoms with Crippen molar-refractivity contribution >= 4 is 27.9 Å². The van der Waals surface area contributed by atoms with Gasteiger partial charge in [0.05, 0.1) is 25.0 Å². The van der Waals surface area contributed by atoms with Gasteiger partial charge in [0.25, 0.3) is 0 Å². The van der Waals surface area contributed by atoms with Gasteiger partial charge in [0.15, 0.2) is 0 Å². The van der Waals surface area contributed by atoms with E-state index in [1.54, 1.807) is 11.1 Å². The molecule has 0 spiro atoms. The first kappa shape index (κ1) is 22.9. The highest BCUT2D eigenvalue weighted by molar-refractivity contribution is 9.10. The number of halogens is 1. The minimum Gasteiger partial charge on any atom is -0.453 e. The summed E-state index contributed by atoms with van der Waals surface area (Å²) < 4.78 is 5.53. The Morgan fingerprint density at radius 1 is 1.31 bits per heavy atom. The van der Waals surface area contributed by atoms with Gasteiger partial charge < -0.3 is 19.9 Å². The number of methoxy groups -OCH3 is 1. The van der Waals surface area contributed by atoms with E-state index >= 15 is 0 Å². The molecular formula is C21H29BrN4O3. The van der Waals surface area contributed by atoms with Gasteiger partial charge in [0.2, 0.25) is 5.91 Å². The van der Waals surface area contributed by atoms with Crippen molar-refractivity contribution < 1.29 is 14.3 Å². The minimum atomic E-state index is -0.613. The maximum atomic E-state index is 12.5. The van der Waals surface area contributed by atoms with Gasteiger partial charge in [-0.25, -0.2) is 9.78 Å². The monoisotopic (exact) mass is 464 g/mol. The maximum Gasteiger partial charge on any atom is 0.407 e. The lowest BCUT2D eigenvalue weighted by Gasteiger charge is -2.23. The molecule has 1 aliphatic heterocycles. The molecule has 0 radical (unpaired) electrons. The van der Waals surface area contributed by atoms with Crippen molar-refractivity contribution in [3.63, 3.8) is 0 Å². The number of aromatic amines is 1. The molecule has 2 aromatic rings. The fraction of sp³-hybridized carbons (Fsp3) is 0.476. The summed E-state index contributed by atoms with van der Waals surface area (Å²) in [5, 5.41) is 2.44. The van der Waals surface area contributed by atoms with Crippen LogP contribution in [0.3, 0.4) is 0 Å². The molecule has 1 aromatic carbocycles. The van der Waals surface area contributed by atoms with Gasteiger partial charge in [-0.2, -0.15) is 0 Å². The Hall–Kier alpha value is -2.35. The molecule has 1 fully saturated rings. The lowest BCUT2D eigenvalue weighted by atomic mass is 10.1. The molecule has 3 rings (SSSR count). The fourth-order valence-corrected chi connectivity index (χ4v) is 3.45. The average molecular weight is 465 g/mol. The van der Waals surface area contributed by atoms with Crippen molar-refractivity contribution in [2.45, 2.75) is 39.7 Å². The van der Waals surface area contributed by atoms with Crippen LogP contribution in [0.1, 0.15) is 45.5 Å². The number of aromatic nitrogens is 2. The number of imidazole rings is 1. The van der Waals surface area contributed by atoms with E-state index in [9.17, 15) is 9.59 Å². The molecule has 2 atom stereocenters. The number of nitrogens with zero attached hydrogens (tertiary/aromatic N) is 2. The highest BCUT2D eigenvalue weighted by Crippen LogP contribution is 2.34. The van der Waals surface area contributed by atoms with Crippen LogP contribution in [0.5, 0.6) is 0 Å². The molecule has 2 amide bonds.